The number of ether oxygens (including phenoxy) is 1. The Hall–Kier alpha value is -2.07. The largest absolute Gasteiger partial charge is 0.497 e. The van der Waals surface area contributed by atoms with Crippen molar-refractivity contribution in [2.75, 3.05) is 33.1 Å². The van der Waals surface area contributed by atoms with E-state index < -0.39 is 0 Å². The molecule has 4 heteroatoms. The number of hydrogen-bond donors (Lipinski definition) is 1. The zero-order chi connectivity index (χ0) is 14.4. The Labute approximate surface area is 120 Å². The van der Waals surface area contributed by atoms with Crippen molar-refractivity contribution in [2.45, 2.75) is 6.04 Å². The van der Waals surface area contributed by atoms with Crippen LogP contribution in [0.15, 0.2) is 48.7 Å². The Bertz CT molecular complexity index is 511. The number of nitrogens with one attached hydrogen (secondary N) is 1. The summed E-state index contributed by atoms with van der Waals surface area (Å²) in [5.74, 6) is 1.77. The Morgan fingerprint density at radius 3 is 2.45 bits per heavy atom. The van der Waals surface area contributed by atoms with Gasteiger partial charge in [-0.05, 0) is 43.9 Å². The van der Waals surface area contributed by atoms with Crippen LogP contribution in [0.4, 0.5) is 5.82 Å². The topological polar surface area (TPSA) is 37.4 Å². The molecule has 4 nitrogen and oxygen atoms in total. The maximum absolute atomic E-state index is 5.20. The van der Waals surface area contributed by atoms with Crippen LogP contribution >= 0.6 is 0 Å². The highest BCUT2D eigenvalue weighted by molar-refractivity contribution is 5.35. The van der Waals surface area contributed by atoms with Crippen molar-refractivity contribution in [2.24, 2.45) is 0 Å². The first-order valence-corrected chi connectivity index (χ1v) is 6.66. The highest BCUT2D eigenvalue weighted by Crippen LogP contribution is 2.21. The number of nitrogens with zero attached hydrogens (tertiary/aromatic N) is 2. The van der Waals surface area contributed by atoms with Crippen LogP contribution in [-0.2, 0) is 0 Å². The fraction of sp³-hybridized carbons (Fsp3) is 0.312. The molecule has 1 N–H and O–H groups in total. The number of benzene rings is 1. The van der Waals surface area contributed by atoms with E-state index >= 15 is 0 Å². The molecule has 2 aromatic rings. The normalized spacial score (nSPS) is 12.2. The molecule has 106 valence electrons. The van der Waals surface area contributed by atoms with Crippen LogP contribution in [0.1, 0.15) is 11.6 Å². The molecule has 0 saturated heterocycles. The molecule has 0 aliphatic carbocycles. The van der Waals surface area contributed by atoms with Crippen LogP contribution in [0.2, 0.25) is 0 Å². The van der Waals surface area contributed by atoms with Crippen LogP contribution < -0.4 is 10.1 Å². The average Bonchev–Trinajstić information content (AvgIpc) is 2.49. The van der Waals surface area contributed by atoms with Gasteiger partial charge in [0.1, 0.15) is 11.6 Å². The number of anilines is 1. The van der Waals surface area contributed by atoms with Gasteiger partial charge in [0.2, 0.25) is 0 Å². The van der Waals surface area contributed by atoms with Gasteiger partial charge in [0.05, 0.1) is 13.2 Å². The monoisotopic (exact) mass is 271 g/mol. The van der Waals surface area contributed by atoms with Crippen LogP contribution in [-0.4, -0.2) is 37.6 Å². The molecule has 1 heterocycles. The number of aromatic nitrogens is 1. The highest BCUT2D eigenvalue weighted by atomic mass is 16.5. The molecule has 1 aromatic heterocycles. The lowest BCUT2D eigenvalue weighted by Crippen LogP contribution is -2.27. The molecule has 0 fully saturated rings. The predicted molar refractivity (Wildman–Crippen MR) is 82.1 cm³/mol. The molecule has 1 unspecified atom stereocenters. The molecule has 0 spiro atoms. The van der Waals surface area contributed by atoms with E-state index in [1.165, 1.54) is 5.56 Å². The zero-order valence-electron chi connectivity index (χ0n) is 12.2. The van der Waals surface area contributed by atoms with E-state index in [1.807, 2.05) is 30.3 Å². The van der Waals surface area contributed by atoms with Gasteiger partial charge in [0.15, 0.2) is 0 Å². The third-order valence-corrected chi connectivity index (χ3v) is 3.27. The third-order valence-electron chi connectivity index (χ3n) is 3.27. The quantitative estimate of drug-likeness (QED) is 0.876. The smallest absolute Gasteiger partial charge is 0.125 e. The van der Waals surface area contributed by atoms with E-state index in [0.29, 0.717) is 0 Å². The number of pyridine rings is 1. The van der Waals surface area contributed by atoms with Crippen LogP contribution in [0.25, 0.3) is 0 Å². The van der Waals surface area contributed by atoms with Crippen molar-refractivity contribution >= 4 is 5.82 Å². The molecule has 0 aliphatic heterocycles. The van der Waals surface area contributed by atoms with Crippen LogP contribution in [0.5, 0.6) is 5.75 Å². The minimum atomic E-state index is 0.280. The summed E-state index contributed by atoms with van der Waals surface area (Å²) in [6.45, 7) is 0.802. The second kappa shape index (κ2) is 6.91. The van der Waals surface area contributed by atoms with Crippen LogP contribution in [0, 0.1) is 0 Å². The van der Waals surface area contributed by atoms with Crippen LogP contribution in [0.3, 0.4) is 0 Å². The zero-order valence-corrected chi connectivity index (χ0v) is 12.2. The second-order valence-corrected chi connectivity index (χ2v) is 4.85. The summed E-state index contributed by atoms with van der Waals surface area (Å²) in [6, 6.07) is 14.3. The summed E-state index contributed by atoms with van der Waals surface area (Å²) in [7, 11) is 5.84. The Balaban J connectivity index is 2.06. The molecule has 0 bridgehead atoms. The number of rotatable bonds is 6. The standard InChI is InChI=1S/C16H21N3O/c1-19(2)15(12-18-16-6-4-5-11-17-16)13-7-9-14(20-3)10-8-13/h4-11,15H,12H2,1-3H3,(H,17,18). The van der Waals surface area contributed by atoms with E-state index in [2.05, 4.69) is 41.4 Å². The fourth-order valence-corrected chi connectivity index (χ4v) is 2.09. The summed E-state index contributed by atoms with van der Waals surface area (Å²) in [6.07, 6.45) is 1.79. The minimum Gasteiger partial charge on any atom is -0.497 e. The van der Waals surface area contributed by atoms with E-state index in [-0.39, 0.29) is 6.04 Å². The lowest BCUT2D eigenvalue weighted by atomic mass is 10.1. The van der Waals surface area contributed by atoms with Gasteiger partial charge in [-0.25, -0.2) is 4.98 Å². The van der Waals surface area contributed by atoms with Gasteiger partial charge < -0.3 is 15.0 Å². The van der Waals surface area contributed by atoms with Gasteiger partial charge >= 0.3 is 0 Å². The molecule has 20 heavy (non-hydrogen) atoms. The third kappa shape index (κ3) is 3.71. The first-order valence-electron chi connectivity index (χ1n) is 6.66. The van der Waals surface area contributed by atoms with Gasteiger partial charge in [0, 0.05) is 12.7 Å². The van der Waals surface area contributed by atoms with Gasteiger partial charge in [-0.15, -0.1) is 0 Å². The maximum atomic E-state index is 5.20. The molecule has 2 rings (SSSR count). The summed E-state index contributed by atoms with van der Waals surface area (Å²) < 4.78 is 5.20. The summed E-state index contributed by atoms with van der Waals surface area (Å²) >= 11 is 0. The highest BCUT2D eigenvalue weighted by Gasteiger charge is 2.14. The summed E-state index contributed by atoms with van der Waals surface area (Å²) in [5, 5.41) is 3.37. The Morgan fingerprint density at radius 2 is 1.90 bits per heavy atom. The number of likely N-dealkylation sites (N-methyl/N-ethyl adjacent to an activating group) is 1. The van der Waals surface area contributed by atoms with Gasteiger partial charge in [0.25, 0.3) is 0 Å². The first-order chi connectivity index (χ1) is 9.70. The number of methoxy groups -OCH3 is 1. The molecular formula is C16H21N3O. The Kier molecular flexibility index (Phi) is 4.96. The average molecular weight is 271 g/mol. The van der Waals surface area contributed by atoms with Crippen molar-refractivity contribution in [3.05, 3.63) is 54.2 Å². The number of hydrogen-bond acceptors (Lipinski definition) is 4. The van der Waals surface area contributed by atoms with Crippen molar-refractivity contribution in [3.63, 3.8) is 0 Å². The lowest BCUT2D eigenvalue weighted by molar-refractivity contribution is 0.311. The van der Waals surface area contributed by atoms with Crippen molar-refractivity contribution in [3.8, 4) is 5.75 Å². The van der Waals surface area contributed by atoms with Crippen molar-refractivity contribution < 1.29 is 4.74 Å². The van der Waals surface area contributed by atoms with E-state index in [4.69, 9.17) is 4.74 Å². The molecule has 1 atom stereocenters. The minimum absolute atomic E-state index is 0.280. The molecular weight excluding hydrogens is 250 g/mol. The summed E-state index contributed by atoms with van der Waals surface area (Å²) in [4.78, 5) is 6.47. The summed E-state index contributed by atoms with van der Waals surface area (Å²) in [5.41, 5.74) is 1.25. The molecule has 0 amide bonds. The SMILES string of the molecule is COc1ccc(C(CNc2ccccn2)N(C)C)cc1. The van der Waals surface area contributed by atoms with E-state index in [9.17, 15) is 0 Å². The lowest BCUT2D eigenvalue weighted by Gasteiger charge is -2.25. The molecule has 0 saturated carbocycles. The van der Waals surface area contributed by atoms with Crippen molar-refractivity contribution in [1.29, 1.82) is 0 Å². The second-order valence-electron chi connectivity index (χ2n) is 4.85. The van der Waals surface area contributed by atoms with Gasteiger partial charge in [-0.2, -0.15) is 0 Å². The molecule has 0 radical (unpaired) electrons. The van der Waals surface area contributed by atoms with Gasteiger partial charge in [-0.1, -0.05) is 18.2 Å². The van der Waals surface area contributed by atoms with E-state index in [0.717, 1.165) is 18.1 Å². The van der Waals surface area contributed by atoms with Crippen molar-refractivity contribution in [1.82, 2.24) is 9.88 Å². The fourth-order valence-electron chi connectivity index (χ4n) is 2.09. The predicted octanol–water partition coefficient (Wildman–Crippen LogP) is 2.81. The van der Waals surface area contributed by atoms with Gasteiger partial charge in [-0.3, -0.25) is 0 Å². The Morgan fingerprint density at radius 1 is 1.15 bits per heavy atom. The molecule has 0 aliphatic rings. The van der Waals surface area contributed by atoms with E-state index in [1.54, 1.807) is 13.3 Å². The molecule has 1 aromatic carbocycles. The maximum Gasteiger partial charge on any atom is 0.125 e. The first kappa shape index (κ1) is 14.3.